The Morgan fingerprint density at radius 2 is 2.36 bits per heavy atom. The quantitative estimate of drug-likeness (QED) is 0.722. The standard InChI is InChI=1S/C10H11N3O/c1-7-4-9(5-11)13-10(12-7)14-6-8-2-3-8/h4,8H,2-3,6H2,1H3. The molecule has 0 aromatic carbocycles. The Hall–Kier alpha value is -1.63. The summed E-state index contributed by atoms with van der Waals surface area (Å²) in [4.78, 5) is 8.05. The molecule has 14 heavy (non-hydrogen) atoms. The maximum absolute atomic E-state index is 8.68. The van der Waals surface area contributed by atoms with Gasteiger partial charge in [-0.1, -0.05) is 0 Å². The van der Waals surface area contributed by atoms with Gasteiger partial charge in [0.15, 0.2) is 0 Å². The molecule has 2 rings (SSSR count). The number of nitriles is 1. The molecule has 72 valence electrons. The second kappa shape index (κ2) is 3.62. The lowest BCUT2D eigenvalue weighted by Gasteiger charge is -2.03. The van der Waals surface area contributed by atoms with Crippen molar-refractivity contribution in [3.63, 3.8) is 0 Å². The van der Waals surface area contributed by atoms with Crippen molar-refractivity contribution >= 4 is 0 Å². The first-order valence-corrected chi connectivity index (χ1v) is 4.66. The third-order valence-corrected chi connectivity index (χ3v) is 2.09. The lowest BCUT2D eigenvalue weighted by Crippen LogP contribution is -2.04. The van der Waals surface area contributed by atoms with Gasteiger partial charge in [-0.15, -0.1) is 0 Å². The zero-order valence-electron chi connectivity index (χ0n) is 8.03. The van der Waals surface area contributed by atoms with Crippen LogP contribution in [0.15, 0.2) is 6.07 Å². The fourth-order valence-electron chi connectivity index (χ4n) is 1.14. The maximum Gasteiger partial charge on any atom is 0.317 e. The molecule has 0 atom stereocenters. The molecule has 1 aliphatic carbocycles. The van der Waals surface area contributed by atoms with E-state index in [1.54, 1.807) is 6.07 Å². The van der Waals surface area contributed by atoms with E-state index in [9.17, 15) is 0 Å². The summed E-state index contributed by atoms with van der Waals surface area (Å²) < 4.78 is 5.38. The molecule has 0 amide bonds. The van der Waals surface area contributed by atoms with Crippen LogP contribution in [0.4, 0.5) is 0 Å². The zero-order chi connectivity index (χ0) is 9.97. The number of hydrogen-bond acceptors (Lipinski definition) is 4. The molecule has 0 spiro atoms. The predicted octanol–water partition coefficient (Wildman–Crippen LogP) is 1.45. The van der Waals surface area contributed by atoms with Gasteiger partial charge >= 0.3 is 6.01 Å². The molecule has 1 aliphatic rings. The first-order valence-electron chi connectivity index (χ1n) is 4.66. The van der Waals surface area contributed by atoms with Gasteiger partial charge in [0.25, 0.3) is 0 Å². The number of rotatable bonds is 3. The number of aromatic nitrogens is 2. The molecular weight excluding hydrogens is 178 g/mol. The summed E-state index contributed by atoms with van der Waals surface area (Å²) in [5.74, 6) is 0.671. The normalized spacial score (nSPS) is 14.9. The number of hydrogen-bond donors (Lipinski definition) is 0. The Bertz CT molecular complexity index is 379. The van der Waals surface area contributed by atoms with E-state index in [4.69, 9.17) is 10.00 Å². The SMILES string of the molecule is Cc1cc(C#N)nc(OCC2CC2)n1. The van der Waals surface area contributed by atoms with Gasteiger partial charge in [-0.25, -0.2) is 4.98 Å². The van der Waals surface area contributed by atoms with Gasteiger partial charge < -0.3 is 4.74 Å². The lowest BCUT2D eigenvalue weighted by atomic mass is 10.3. The Labute approximate surface area is 82.6 Å². The van der Waals surface area contributed by atoms with Crippen LogP contribution in [0, 0.1) is 24.2 Å². The summed E-state index contributed by atoms with van der Waals surface area (Å²) in [6.45, 7) is 2.50. The lowest BCUT2D eigenvalue weighted by molar-refractivity contribution is 0.275. The third kappa shape index (κ3) is 2.19. The highest BCUT2D eigenvalue weighted by Crippen LogP contribution is 2.28. The van der Waals surface area contributed by atoms with Crippen molar-refractivity contribution in [2.45, 2.75) is 19.8 Å². The van der Waals surface area contributed by atoms with E-state index in [2.05, 4.69) is 9.97 Å². The van der Waals surface area contributed by atoms with E-state index in [1.165, 1.54) is 12.8 Å². The predicted molar refractivity (Wildman–Crippen MR) is 49.7 cm³/mol. The van der Waals surface area contributed by atoms with Crippen LogP contribution in [-0.2, 0) is 0 Å². The third-order valence-electron chi connectivity index (χ3n) is 2.09. The van der Waals surface area contributed by atoms with Crippen molar-refractivity contribution in [1.82, 2.24) is 9.97 Å². The topological polar surface area (TPSA) is 58.8 Å². The van der Waals surface area contributed by atoms with Gasteiger partial charge in [0.05, 0.1) is 6.61 Å². The van der Waals surface area contributed by atoms with Crippen LogP contribution in [0.2, 0.25) is 0 Å². The smallest absolute Gasteiger partial charge is 0.317 e. The van der Waals surface area contributed by atoms with Crippen LogP contribution in [-0.4, -0.2) is 16.6 Å². The molecule has 1 fully saturated rings. The number of aryl methyl sites for hydroxylation is 1. The van der Waals surface area contributed by atoms with Crippen LogP contribution in [0.3, 0.4) is 0 Å². The maximum atomic E-state index is 8.68. The monoisotopic (exact) mass is 189 g/mol. The Kier molecular flexibility index (Phi) is 2.32. The molecule has 1 heterocycles. The Balaban J connectivity index is 2.07. The highest BCUT2D eigenvalue weighted by Gasteiger charge is 2.22. The molecule has 0 unspecified atom stereocenters. The molecule has 4 nitrogen and oxygen atoms in total. The number of nitrogens with zero attached hydrogens (tertiary/aromatic N) is 3. The number of ether oxygens (including phenoxy) is 1. The van der Waals surface area contributed by atoms with Crippen molar-refractivity contribution in [2.24, 2.45) is 5.92 Å². The van der Waals surface area contributed by atoms with Crippen LogP contribution in [0.25, 0.3) is 0 Å². The first-order chi connectivity index (χ1) is 6.78. The van der Waals surface area contributed by atoms with Gasteiger partial charge in [0, 0.05) is 5.69 Å². The molecule has 1 aromatic heterocycles. The molecule has 0 aliphatic heterocycles. The minimum Gasteiger partial charge on any atom is -0.463 e. The van der Waals surface area contributed by atoms with Crippen LogP contribution < -0.4 is 4.74 Å². The molecule has 4 heteroatoms. The molecule has 1 aromatic rings. The second-order valence-corrected chi connectivity index (χ2v) is 3.54. The molecule has 0 saturated heterocycles. The van der Waals surface area contributed by atoms with E-state index < -0.39 is 0 Å². The van der Waals surface area contributed by atoms with Crippen LogP contribution in [0.5, 0.6) is 6.01 Å². The van der Waals surface area contributed by atoms with Gasteiger partial charge in [-0.3, -0.25) is 0 Å². The minimum atomic E-state index is 0.327. The van der Waals surface area contributed by atoms with Crippen molar-refractivity contribution in [2.75, 3.05) is 6.61 Å². The minimum absolute atomic E-state index is 0.327. The molecule has 0 N–H and O–H groups in total. The van der Waals surface area contributed by atoms with Crippen LogP contribution >= 0.6 is 0 Å². The highest BCUT2D eigenvalue weighted by molar-refractivity contribution is 5.23. The van der Waals surface area contributed by atoms with Crippen molar-refractivity contribution < 1.29 is 4.74 Å². The van der Waals surface area contributed by atoms with E-state index in [1.807, 2.05) is 13.0 Å². The first kappa shape index (κ1) is 8.95. The largest absolute Gasteiger partial charge is 0.463 e. The van der Waals surface area contributed by atoms with E-state index in [0.29, 0.717) is 24.2 Å². The van der Waals surface area contributed by atoms with Crippen LogP contribution in [0.1, 0.15) is 24.2 Å². The average molecular weight is 189 g/mol. The molecule has 1 saturated carbocycles. The second-order valence-electron chi connectivity index (χ2n) is 3.54. The summed E-state index contributed by atoms with van der Waals surface area (Å²) in [7, 11) is 0. The van der Waals surface area contributed by atoms with E-state index in [-0.39, 0.29) is 0 Å². The zero-order valence-corrected chi connectivity index (χ0v) is 8.03. The summed E-state index contributed by atoms with van der Waals surface area (Å²) in [6.07, 6.45) is 2.47. The molecular formula is C10H11N3O. The fraction of sp³-hybridized carbons (Fsp3) is 0.500. The van der Waals surface area contributed by atoms with E-state index >= 15 is 0 Å². The van der Waals surface area contributed by atoms with Gasteiger partial charge in [0.1, 0.15) is 11.8 Å². The molecule has 0 radical (unpaired) electrons. The van der Waals surface area contributed by atoms with Crippen molar-refractivity contribution in [3.05, 3.63) is 17.5 Å². The average Bonchev–Trinajstić information content (AvgIpc) is 2.97. The van der Waals surface area contributed by atoms with E-state index in [0.717, 1.165) is 5.69 Å². The van der Waals surface area contributed by atoms with Gasteiger partial charge in [0.2, 0.25) is 0 Å². The summed E-state index contributed by atoms with van der Waals surface area (Å²) in [5.41, 5.74) is 1.13. The summed E-state index contributed by atoms with van der Waals surface area (Å²) in [6, 6.07) is 3.95. The Morgan fingerprint density at radius 1 is 1.57 bits per heavy atom. The Morgan fingerprint density at radius 3 is 3.00 bits per heavy atom. The van der Waals surface area contributed by atoms with Crippen molar-refractivity contribution in [3.8, 4) is 12.1 Å². The van der Waals surface area contributed by atoms with Gasteiger partial charge in [-0.2, -0.15) is 10.2 Å². The summed E-state index contributed by atoms with van der Waals surface area (Å²) in [5, 5.41) is 8.68. The van der Waals surface area contributed by atoms with Gasteiger partial charge in [-0.05, 0) is 31.7 Å². The highest BCUT2D eigenvalue weighted by atomic mass is 16.5. The summed E-state index contributed by atoms with van der Waals surface area (Å²) >= 11 is 0. The fourth-order valence-corrected chi connectivity index (χ4v) is 1.14. The molecule has 0 bridgehead atoms. The van der Waals surface area contributed by atoms with Crippen molar-refractivity contribution in [1.29, 1.82) is 5.26 Å².